The standard InChI is InChI=1S/C60H42N2Si/c1-5-21-43(22-6-1)44-23-19-24-45(41-44)50-31-13-16-35-55(50)62-57-37-18-15-33-52(57)54-34-20-38-58(60(54)62)61-56-36-17-14-32-51(56)53-40-39-49(42-59(53)61)63(46-25-7-2-8-26-46,47-27-9-3-10-28-47)48-29-11-4-12-30-48/h1-42H. The van der Waals surface area contributed by atoms with Crippen LogP contribution in [0.15, 0.2) is 255 Å². The number of para-hydroxylation sites is 4. The van der Waals surface area contributed by atoms with E-state index in [1.165, 1.54) is 86.6 Å². The number of fused-ring (bicyclic) bond motifs is 6. The van der Waals surface area contributed by atoms with Crippen LogP contribution < -0.4 is 20.7 Å². The zero-order valence-corrected chi connectivity index (χ0v) is 35.6. The molecular formula is C60H42N2Si. The molecule has 296 valence electrons. The Morgan fingerprint density at radius 1 is 0.254 bits per heavy atom. The van der Waals surface area contributed by atoms with Crippen LogP contribution in [0.2, 0.25) is 0 Å². The fourth-order valence-electron chi connectivity index (χ4n) is 10.4. The van der Waals surface area contributed by atoms with Crippen LogP contribution in [0.1, 0.15) is 0 Å². The number of hydrogen-bond acceptors (Lipinski definition) is 0. The van der Waals surface area contributed by atoms with Gasteiger partial charge in [0.1, 0.15) is 0 Å². The Morgan fingerprint density at radius 3 is 1.38 bits per heavy atom. The van der Waals surface area contributed by atoms with Gasteiger partial charge in [-0.05, 0) is 73.8 Å². The maximum absolute atomic E-state index is 2.83. The highest BCUT2D eigenvalue weighted by atomic mass is 28.3. The highest BCUT2D eigenvalue weighted by molar-refractivity contribution is 7.20. The first kappa shape index (κ1) is 36.8. The summed E-state index contributed by atoms with van der Waals surface area (Å²) in [6, 6.07) is 94.3. The van der Waals surface area contributed by atoms with Gasteiger partial charge in [0.25, 0.3) is 0 Å². The van der Waals surface area contributed by atoms with Gasteiger partial charge in [-0.1, -0.05) is 218 Å². The Kier molecular flexibility index (Phi) is 8.87. The van der Waals surface area contributed by atoms with Crippen LogP contribution in [0, 0.1) is 0 Å². The molecule has 3 heteroatoms. The molecule has 0 amide bonds. The Balaban J connectivity index is 1.17. The molecule has 0 radical (unpaired) electrons. The van der Waals surface area contributed by atoms with Gasteiger partial charge < -0.3 is 9.13 Å². The smallest absolute Gasteiger partial charge is 0.179 e. The van der Waals surface area contributed by atoms with Crippen molar-refractivity contribution in [1.29, 1.82) is 0 Å². The van der Waals surface area contributed by atoms with Crippen molar-refractivity contribution in [3.8, 4) is 33.6 Å². The van der Waals surface area contributed by atoms with Crippen molar-refractivity contribution >= 4 is 72.4 Å². The van der Waals surface area contributed by atoms with E-state index in [0.29, 0.717) is 0 Å². The van der Waals surface area contributed by atoms with Crippen LogP contribution >= 0.6 is 0 Å². The normalized spacial score (nSPS) is 11.8. The number of rotatable bonds is 8. The van der Waals surface area contributed by atoms with E-state index in [4.69, 9.17) is 0 Å². The lowest BCUT2D eigenvalue weighted by atomic mass is 9.98. The number of aromatic nitrogens is 2. The van der Waals surface area contributed by atoms with E-state index in [0.717, 1.165) is 11.4 Å². The molecule has 2 aromatic heterocycles. The average Bonchev–Trinajstić information content (AvgIpc) is 3.88. The Labute approximate surface area is 368 Å². The lowest BCUT2D eigenvalue weighted by Crippen LogP contribution is -2.74. The summed E-state index contributed by atoms with van der Waals surface area (Å²) >= 11 is 0. The zero-order chi connectivity index (χ0) is 41.7. The summed E-state index contributed by atoms with van der Waals surface area (Å²) in [7, 11) is -2.83. The SMILES string of the molecule is c1ccc(-c2cccc(-c3ccccc3-n3c4ccccc4c4cccc(-n5c6ccccc6c6ccc([Si](c7ccccc7)(c7ccccc7)c7ccccc7)cc65)c43)c2)cc1. The minimum absolute atomic E-state index is 1.14. The van der Waals surface area contributed by atoms with Crippen molar-refractivity contribution in [2.75, 3.05) is 0 Å². The van der Waals surface area contributed by atoms with Gasteiger partial charge in [0.05, 0.1) is 33.4 Å². The second-order valence-electron chi connectivity index (χ2n) is 16.4. The molecule has 12 aromatic rings. The van der Waals surface area contributed by atoms with Crippen LogP contribution in [0.3, 0.4) is 0 Å². The molecule has 0 saturated carbocycles. The summed E-state index contributed by atoms with van der Waals surface area (Å²) in [5, 5.41) is 10.4. The highest BCUT2D eigenvalue weighted by Gasteiger charge is 2.41. The average molecular weight is 819 g/mol. The molecule has 0 fully saturated rings. The third-order valence-corrected chi connectivity index (χ3v) is 17.8. The Bertz CT molecular complexity index is 3510. The summed E-state index contributed by atoms with van der Waals surface area (Å²) in [5.41, 5.74) is 11.8. The van der Waals surface area contributed by atoms with E-state index in [-0.39, 0.29) is 0 Å². The van der Waals surface area contributed by atoms with E-state index in [1.54, 1.807) is 0 Å². The molecule has 0 unspecified atom stereocenters. The minimum Gasteiger partial charge on any atom is -0.307 e. The lowest BCUT2D eigenvalue weighted by Gasteiger charge is -2.34. The Hall–Kier alpha value is -7.98. The first-order chi connectivity index (χ1) is 31.3. The predicted molar refractivity (Wildman–Crippen MR) is 270 cm³/mol. The van der Waals surface area contributed by atoms with E-state index >= 15 is 0 Å². The van der Waals surface area contributed by atoms with E-state index < -0.39 is 8.07 Å². The van der Waals surface area contributed by atoms with Crippen molar-refractivity contribution in [2.45, 2.75) is 0 Å². The summed E-state index contributed by atoms with van der Waals surface area (Å²) in [6.07, 6.45) is 0. The van der Waals surface area contributed by atoms with Gasteiger partial charge in [-0.3, -0.25) is 0 Å². The van der Waals surface area contributed by atoms with Gasteiger partial charge in [0, 0.05) is 27.1 Å². The summed E-state index contributed by atoms with van der Waals surface area (Å²) < 4.78 is 5.07. The second-order valence-corrected chi connectivity index (χ2v) is 20.2. The molecule has 0 aliphatic rings. The number of nitrogens with zero attached hydrogens (tertiary/aromatic N) is 2. The quantitative estimate of drug-likeness (QED) is 0.107. The van der Waals surface area contributed by atoms with Gasteiger partial charge >= 0.3 is 0 Å². The van der Waals surface area contributed by atoms with Crippen LogP contribution in [-0.4, -0.2) is 17.2 Å². The molecule has 0 aliphatic heterocycles. The predicted octanol–water partition coefficient (Wildman–Crippen LogP) is 12.6. The van der Waals surface area contributed by atoms with E-state index in [2.05, 4.69) is 264 Å². The van der Waals surface area contributed by atoms with Crippen molar-refractivity contribution in [2.24, 2.45) is 0 Å². The third-order valence-electron chi connectivity index (χ3n) is 13.1. The summed E-state index contributed by atoms with van der Waals surface area (Å²) in [4.78, 5) is 0. The van der Waals surface area contributed by atoms with Gasteiger partial charge in [0.15, 0.2) is 8.07 Å². The fraction of sp³-hybridized carbons (Fsp3) is 0. The molecule has 0 atom stereocenters. The van der Waals surface area contributed by atoms with Gasteiger partial charge in [0.2, 0.25) is 0 Å². The molecule has 63 heavy (non-hydrogen) atoms. The second kappa shape index (κ2) is 15.2. The van der Waals surface area contributed by atoms with E-state index in [9.17, 15) is 0 Å². The van der Waals surface area contributed by atoms with E-state index in [1.807, 2.05) is 0 Å². The Morgan fingerprint density at radius 2 is 0.714 bits per heavy atom. The maximum atomic E-state index is 2.55. The molecule has 0 saturated heterocycles. The zero-order valence-electron chi connectivity index (χ0n) is 34.6. The molecular weight excluding hydrogens is 777 g/mol. The van der Waals surface area contributed by atoms with Crippen LogP contribution in [-0.2, 0) is 0 Å². The summed E-state index contributed by atoms with van der Waals surface area (Å²) in [6.45, 7) is 0. The highest BCUT2D eigenvalue weighted by Crippen LogP contribution is 2.41. The maximum Gasteiger partial charge on any atom is 0.179 e. The monoisotopic (exact) mass is 818 g/mol. The van der Waals surface area contributed by atoms with Crippen molar-refractivity contribution in [1.82, 2.24) is 9.13 Å². The van der Waals surface area contributed by atoms with Crippen molar-refractivity contribution in [3.63, 3.8) is 0 Å². The van der Waals surface area contributed by atoms with Crippen LogP contribution in [0.4, 0.5) is 0 Å². The van der Waals surface area contributed by atoms with Gasteiger partial charge in [-0.25, -0.2) is 0 Å². The largest absolute Gasteiger partial charge is 0.307 e. The summed E-state index contributed by atoms with van der Waals surface area (Å²) in [5.74, 6) is 0. The first-order valence-electron chi connectivity index (χ1n) is 21.8. The first-order valence-corrected chi connectivity index (χ1v) is 23.8. The third kappa shape index (κ3) is 5.85. The van der Waals surface area contributed by atoms with Crippen LogP contribution in [0.25, 0.3) is 77.2 Å². The van der Waals surface area contributed by atoms with Crippen molar-refractivity contribution in [3.05, 3.63) is 255 Å². The number of benzene rings is 10. The molecule has 0 N–H and O–H groups in total. The molecule has 0 bridgehead atoms. The molecule has 12 rings (SSSR count). The van der Waals surface area contributed by atoms with Crippen LogP contribution in [0.5, 0.6) is 0 Å². The molecule has 2 nitrogen and oxygen atoms in total. The molecule has 2 heterocycles. The van der Waals surface area contributed by atoms with Gasteiger partial charge in [-0.15, -0.1) is 0 Å². The van der Waals surface area contributed by atoms with Crippen molar-refractivity contribution < 1.29 is 0 Å². The molecule has 0 aliphatic carbocycles. The minimum atomic E-state index is -2.83. The molecule has 10 aromatic carbocycles. The molecule has 0 spiro atoms. The number of hydrogen-bond donors (Lipinski definition) is 0. The topological polar surface area (TPSA) is 9.86 Å². The lowest BCUT2D eigenvalue weighted by molar-refractivity contribution is 1.13. The fourth-order valence-corrected chi connectivity index (χ4v) is 15.1. The van der Waals surface area contributed by atoms with Gasteiger partial charge in [-0.2, -0.15) is 0 Å².